The number of nitrogens with zero attached hydrogens (tertiary/aromatic N) is 1. The number of halogens is 1. The summed E-state index contributed by atoms with van der Waals surface area (Å²) in [6.45, 7) is 0.160. The molecule has 8 nitrogen and oxygen atoms in total. The fourth-order valence-electron chi connectivity index (χ4n) is 2.76. The minimum Gasteiger partial charge on any atom is -0.482 e. The second-order valence-corrected chi connectivity index (χ2v) is 6.31. The summed E-state index contributed by atoms with van der Waals surface area (Å²) < 4.78 is 5.29. The lowest BCUT2D eigenvalue weighted by Crippen LogP contribution is -2.28. The minimum atomic E-state index is -0.535. The minimum absolute atomic E-state index is 0.0197. The molecule has 9 heteroatoms. The van der Waals surface area contributed by atoms with Crippen LogP contribution in [0, 0.1) is 0 Å². The van der Waals surface area contributed by atoms with Crippen molar-refractivity contribution in [3.8, 4) is 5.75 Å². The fourth-order valence-corrected chi connectivity index (χ4v) is 3.02. The number of aromatic nitrogens is 2. The van der Waals surface area contributed by atoms with Gasteiger partial charge in [0.05, 0.1) is 21.6 Å². The van der Waals surface area contributed by atoms with Crippen molar-refractivity contribution in [1.29, 1.82) is 0 Å². The van der Waals surface area contributed by atoms with Gasteiger partial charge in [0.15, 0.2) is 12.4 Å². The molecule has 2 amide bonds. The number of carbonyl (C=O) groups is 2. The number of benzene rings is 2. The molecule has 0 aliphatic carbocycles. The van der Waals surface area contributed by atoms with Crippen LogP contribution < -0.4 is 20.9 Å². The van der Waals surface area contributed by atoms with E-state index >= 15 is 0 Å². The highest BCUT2D eigenvalue weighted by Crippen LogP contribution is 2.28. The highest BCUT2D eigenvalue weighted by molar-refractivity contribution is 6.35. The average molecular weight is 385 g/mol. The third kappa shape index (κ3) is 3.34. The van der Waals surface area contributed by atoms with Crippen molar-refractivity contribution in [1.82, 2.24) is 15.3 Å². The standard InChI is InChI=1S/C18H13ClN4O4/c19-10-2-1-3-11-15(10)17(25)23-16(22-11)18(26)20-7-9-4-5-13-12(6-9)21-14(24)8-27-13/h1-6H,7-8H2,(H,20,26)(H,21,24)(H,22,23,25). The van der Waals surface area contributed by atoms with Gasteiger partial charge in [-0.25, -0.2) is 4.98 Å². The molecule has 3 aromatic rings. The molecule has 4 rings (SSSR count). The average Bonchev–Trinajstić information content (AvgIpc) is 2.65. The second kappa shape index (κ2) is 6.73. The van der Waals surface area contributed by atoms with Crippen LogP contribution >= 0.6 is 11.6 Å². The summed E-state index contributed by atoms with van der Waals surface area (Å²) in [6.07, 6.45) is 0. The Bertz CT molecular complexity index is 1140. The number of aromatic amines is 1. The lowest BCUT2D eigenvalue weighted by molar-refractivity contribution is -0.118. The van der Waals surface area contributed by atoms with E-state index in [0.29, 0.717) is 17.0 Å². The van der Waals surface area contributed by atoms with Crippen LogP contribution in [0.1, 0.15) is 16.2 Å². The van der Waals surface area contributed by atoms with E-state index in [9.17, 15) is 14.4 Å². The van der Waals surface area contributed by atoms with Crippen molar-refractivity contribution in [2.45, 2.75) is 6.54 Å². The van der Waals surface area contributed by atoms with Crippen molar-refractivity contribution in [2.24, 2.45) is 0 Å². The number of rotatable bonds is 3. The van der Waals surface area contributed by atoms with Gasteiger partial charge in [-0.1, -0.05) is 23.7 Å². The molecule has 0 spiro atoms. The Labute approximate surface area is 157 Å². The molecule has 0 atom stereocenters. The molecule has 0 unspecified atom stereocenters. The van der Waals surface area contributed by atoms with Gasteiger partial charge in [0.25, 0.3) is 17.4 Å². The van der Waals surface area contributed by atoms with Crippen LogP contribution in [0.5, 0.6) is 5.75 Å². The molecule has 27 heavy (non-hydrogen) atoms. The fraction of sp³-hybridized carbons (Fsp3) is 0.111. The third-order valence-electron chi connectivity index (χ3n) is 4.03. The van der Waals surface area contributed by atoms with E-state index in [1.54, 1.807) is 36.4 Å². The highest BCUT2D eigenvalue weighted by Gasteiger charge is 2.17. The monoisotopic (exact) mass is 384 g/mol. The molecular formula is C18H13ClN4O4. The summed E-state index contributed by atoms with van der Waals surface area (Å²) in [4.78, 5) is 42.5. The van der Waals surface area contributed by atoms with Crippen LogP contribution in [0.3, 0.4) is 0 Å². The van der Waals surface area contributed by atoms with E-state index in [1.807, 2.05) is 0 Å². The quantitative estimate of drug-likeness (QED) is 0.637. The highest BCUT2D eigenvalue weighted by atomic mass is 35.5. The lowest BCUT2D eigenvalue weighted by atomic mass is 10.1. The zero-order chi connectivity index (χ0) is 19.0. The molecular weight excluding hydrogens is 372 g/mol. The molecule has 1 aliphatic rings. The first-order chi connectivity index (χ1) is 13.0. The Balaban J connectivity index is 1.53. The first-order valence-corrected chi connectivity index (χ1v) is 8.41. The molecule has 1 aliphatic heterocycles. The van der Waals surface area contributed by atoms with Crippen molar-refractivity contribution < 1.29 is 14.3 Å². The number of hydrogen-bond acceptors (Lipinski definition) is 5. The third-order valence-corrected chi connectivity index (χ3v) is 4.34. The molecule has 2 aromatic carbocycles. The second-order valence-electron chi connectivity index (χ2n) is 5.90. The number of fused-ring (bicyclic) bond motifs is 2. The van der Waals surface area contributed by atoms with E-state index in [-0.39, 0.29) is 35.3 Å². The van der Waals surface area contributed by atoms with Crippen LogP contribution in [-0.2, 0) is 11.3 Å². The van der Waals surface area contributed by atoms with Crippen molar-refractivity contribution in [2.75, 3.05) is 11.9 Å². The van der Waals surface area contributed by atoms with Crippen molar-refractivity contribution in [3.63, 3.8) is 0 Å². The maximum absolute atomic E-state index is 12.4. The van der Waals surface area contributed by atoms with E-state index in [0.717, 1.165) is 5.56 Å². The Morgan fingerprint density at radius 2 is 2.11 bits per heavy atom. The van der Waals surface area contributed by atoms with Gasteiger partial charge in [-0.05, 0) is 29.8 Å². The summed E-state index contributed by atoms with van der Waals surface area (Å²) in [6, 6.07) is 10.0. The number of H-pyrrole nitrogens is 1. The Hall–Kier alpha value is -3.39. The first-order valence-electron chi connectivity index (χ1n) is 8.03. The van der Waals surface area contributed by atoms with Crippen LogP contribution in [0.15, 0.2) is 41.2 Å². The van der Waals surface area contributed by atoms with Gasteiger partial charge in [0.2, 0.25) is 0 Å². The topological polar surface area (TPSA) is 113 Å². The maximum Gasteiger partial charge on any atom is 0.287 e. The molecule has 0 radical (unpaired) electrons. The summed E-state index contributed by atoms with van der Waals surface area (Å²) in [5.74, 6) is -0.307. The number of carbonyl (C=O) groups excluding carboxylic acids is 2. The SMILES string of the molecule is O=C1COc2ccc(CNC(=O)c3nc4cccc(Cl)c4c(=O)[nH]3)cc2N1. The van der Waals surface area contributed by atoms with Crippen LogP contribution in [0.2, 0.25) is 5.02 Å². The smallest absolute Gasteiger partial charge is 0.287 e. The summed E-state index contributed by atoms with van der Waals surface area (Å²) in [5, 5.41) is 5.89. The van der Waals surface area contributed by atoms with Gasteiger partial charge in [0.1, 0.15) is 5.75 Å². The Kier molecular flexibility index (Phi) is 4.25. The molecule has 3 N–H and O–H groups in total. The predicted molar refractivity (Wildman–Crippen MR) is 99.1 cm³/mol. The van der Waals surface area contributed by atoms with Gasteiger partial charge >= 0.3 is 0 Å². The van der Waals surface area contributed by atoms with Gasteiger partial charge in [-0.3, -0.25) is 14.4 Å². The number of amides is 2. The largest absolute Gasteiger partial charge is 0.482 e. The van der Waals surface area contributed by atoms with Crippen LogP contribution in [0.25, 0.3) is 10.9 Å². The number of anilines is 1. The van der Waals surface area contributed by atoms with Gasteiger partial charge in [0, 0.05) is 6.54 Å². The lowest BCUT2D eigenvalue weighted by Gasteiger charge is -2.18. The molecule has 0 fully saturated rings. The van der Waals surface area contributed by atoms with E-state index in [4.69, 9.17) is 16.3 Å². The first kappa shape index (κ1) is 17.0. The molecule has 0 saturated carbocycles. The van der Waals surface area contributed by atoms with E-state index < -0.39 is 11.5 Å². The van der Waals surface area contributed by atoms with E-state index in [1.165, 1.54) is 0 Å². The van der Waals surface area contributed by atoms with Crippen molar-refractivity contribution >= 4 is 40.0 Å². The van der Waals surface area contributed by atoms with Crippen molar-refractivity contribution in [3.05, 3.63) is 63.2 Å². The van der Waals surface area contributed by atoms with E-state index in [2.05, 4.69) is 20.6 Å². The van der Waals surface area contributed by atoms with Gasteiger partial charge < -0.3 is 20.4 Å². The molecule has 0 bridgehead atoms. The zero-order valence-electron chi connectivity index (χ0n) is 13.8. The maximum atomic E-state index is 12.4. The Morgan fingerprint density at radius 3 is 2.96 bits per heavy atom. The predicted octanol–water partition coefficient (Wildman–Crippen LogP) is 1.84. The number of nitrogens with one attached hydrogen (secondary N) is 3. The number of hydrogen-bond donors (Lipinski definition) is 3. The number of ether oxygens (including phenoxy) is 1. The Morgan fingerprint density at radius 1 is 1.26 bits per heavy atom. The van der Waals surface area contributed by atoms with Gasteiger partial charge in [-0.15, -0.1) is 0 Å². The molecule has 1 aromatic heterocycles. The van der Waals surface area contributed by atoms with Crippen LogP contribution in [-0.4, -0.2) is 28.4 Å². The van der Waals surface area contributed by atoms with Gasteiger partial charge in [-0.2, -0.15) is 0 Å². The molecule has 136 valence electrons. The molecule has 2 heterocycles. The van der Waals surface area contributed by atoms with Crippen LogP contribution in [0.4, 0.5) is 5.69 Å². The summed E-state index contributed by atoms with van der Waals surface area (Å²) in [7, 11) is 0. The normalized spacial score (nSPS) is 12.9. The zero-order valence-corrected chi connectivity index (χ0v) is 14.6. The summed E-state index contributed by atoms with van der Waals surface area (Å²) in [5.41, 5.74) is 1.15. The summed E-state index contributed by atoms with van der Waals surface area (Å²) >= 11 is 6.00. The molecule has 0 saturated heterocycles.